The van der Waals surface area contributed by atoms with E-state index in [9.17, 15) is 16.8 Å². The summed E-state index contributed by atoms with van der Waals surface area (Å²) in [5.41, 5.74) is 0.611. The van der Waals surface area contributed by atoms with Crippen molar-refractivity contribution in [2.45, 2.75) is 38.5 Å². The molecule has 1 rings (SSSR count). The highest BCUT2D eigenvalue weighted by atomic mass is 32.3. The van der Waals surface area contributed by atoms with Gasteiger partial charge in [0.05, 0.1) is 5.25 Å². The van der Waals surface area contributed by atoms with E-state index in [-0.39, 0.29) is 14.5 Å². The van der Waals surface area contributed by atoms with Crippen molar-refractivity contribution in [1.29, 1.82) is 0 Å². The highest BCUT2D eigenvalue weighted by Gasteiger charge is 2.37. The number of primary sulfonamides is 1. The smallest absolute Gasteiger partial charge is 0.243 e. The fraction of sp³-hybridized carbons (Fsp3) is 0.636. The highest BCUT2D eigenvalue weighted by Crippen LogP contribution is 2.40. The number of nitrogens with one attached hydrogen (secondary N) is 1. The summed E-state index contributed by atoms with van der Waals surface area (Å²) in [6.07, 6.45) is 0.466. The van der Waals surface area contributed by atoms with Gasteiger partial charge < -0.3 is 5.32 Å². The molecule has 2 atom stereocenters. The summed E-state index contributed by atoms with van der Waals surface area (Å²) < 4.78 is 46.9. The van der Waals surface area contributed by atoms with E-state index in [1.165, 1.54) is 0 Å². The average Bonchev–Trinajstić information content (AvgIpc) is 2.31. The molecule has 1 heterocycles. The zero-order valence-corrected chi connectivity index (χ0v) is 14.2. The molecule has 0 saturated carbocycles. The molecule has 0 aromatic heterocycles. The summed E-state index contributed by atoms with van der Waals surface area (Å²) in [5.74, 6) is 0. The van der Waals surface area contributed by atoms with Gasteiger partial charge in [-0.3, -0.25) is 0 Å². The van der Waals surface area contributed by atoms with E-state index in [0.717, 1.165) is 0 Å². The minimum atomic E-state index is -3.97. The molecule has 20 heavy (non-hydrogen) atoms. The van der Waals surface area contributed by atoms with Crippen molar-refractivity contribution < 1.29 is 16.8 Å². The first-order valence-corrected chi connectivity index (χ1v) is 10.00. The van der Waals surface area contributed by atoms with Crippen LogP contribution >= 0.6 is 11.8 Å². The van der Waals surface area contributed by atoms with Gasteiger partial charge in [-0.15, -0.1) is 0 Å². The zero-order chi connectivity index (χ0) is 15.7. The molecule has 9 heteroatoms. The standard InChI is InChI=1S/C11H20N2O4S3/c1-5-13-10-6-7(2)19(14,15)11(8(10)3)18-9(4)20(12,16)17/h7,10,13H,4-6H2,1-3H3,(H2,12,16,17)/t7-,10-/m0/s1. The summed E-state index contributed by atoms with van der Waals surface area (Å²) in [7, 11) is -7.51. The topological polar surface area (TPSA) is 106 Å². The Kier molecular flexibility index (Phi) is 5.47. The molecule has 1 aliphatic rings. The largest absolute Gasteiger partial charge is 0.310 e. The van der Waals surface area contributed by atoms with Gasteiger partial charge >= 0.3 is 0 Å². The quantitative estimate of drug-likeness (QED) is 0.770. The number of hydrogen-bond acceptors (Lipinski definition) is 6. The molecule has 0 bridgehead atoms. The fourth-order valence-electron chi connectivity index (χ4n) is 1.97. The van der Waals surface area contributed by atoms with E-state index >= 15 is 0 Å². The Balaban J connectivity index is 3.28. The Labute approximate surface area is 124 Å². The van der Waals surface area contributed by atoms with Gasteiger partial charge in [0.15, 0.2) is 9.84 Å². The van der Waals surface area contributed by atoms with Crippen molar-refractivity contribution in [2.24, 2.45) is 5.14 Å². The van der Waals surface area contributed by atoms with E-state index in [1.807, 2.05) is 6.92 Å². The van der Waals surface area contributed by atoms with Gasteiger partial charge in [-0.2, -0.15) is 0 Å². The van der Waals surface area contributed by atoms with Gasteiger partial charge in [0.2, 0.25) is 10.0 Å². The number of thioether (sulfide) groups is 1. The number of rotatable bonds is 5. The maximum absolute atomic E-state index is 12.4. The lowest BCUT2D eigenvalue weighted by Crippen LogP contribution is -2.40. The Morgan fingerprint density at radius 3 is 2.55 bits per heavy atom. The van der Waals surface area contributed by atoms with Crippen LogP contribution in [0.3, 0.4) is 0 Å². The molecule has 3 N–H and O–H groups in total. The van der Waals surface area contributed by atoms with Crippen molar-refractivity contribution in [3.05, 3.63) is 20.6 Å². The second kappa shape index (κ2) is 6.18. The summed E-state index contributed by atoms with van der Waals surface area (Å²) >= 11 is 0.620. The van der Waals surface area contributed by atoms with Crippen molar-refractivity contribution in [1.82, 2.24) is 5.32 Å². The van der Waals surface area contributed by atoms with Crippen molar-refractivity contribution in [3.63, 3.8) is 0 Å². The summed E-state index contributed by atoms with van der Waals surface area (Å²) in [4.78, 5) is 0. The van der Waals surface area contributed by atoms with Crippen LogP contribution < -0.4 is 10.5 Å². The monoisotopic (exact) mass is 340 g/mol. The van der Waals surface area contributed by atoms with Crippen molar-refractivity contribution in [3.8, 4) is 0 Å². The van der Waals surface area contributed by atoms with E-state index in [0.29, 0.717) is 30.3 Å². The SMILES string of the molecule is C=C(SC1=C(C)[C@@H](NCC)C[C@H](C)S1(=O)=O)S(N)(=O)=O. The van der Waals surface area contributed by atoms with Crippen LogP contribution in [0.25, 0.3) is 0 Å². The van der Waals surface area contributed by atoms with Gasteiger partial charge in [-0.05, 0) is 32.4 Å². The number of hydrogen-bond donors (Lipinski definition) is 2. The normalized spacial score (nSPS) is 26.6. The van der Waals surface area contributed by atoms with Gasteiger partial charge in [-0.25, -0.2) is 22.0 Å². The van der Waals surface area contributed by atoms with Gasteiger partial charge in [0.1, 0.15) is 8.47 Å². The minimum Gasteiger partial charge on any atom is -0.310 e. The van der Waals surface area contributed by atoms with Crippen LogP contribution in [0.5, 0.6) is 0 Å². The summed E-state index contributed by atoms with van der Waals surface area (Å²) in [6.45, 7) is 9.28. The highest BCUT2D eigenvalue weighted by molar-refractivity contribution is 8.27. The van der Waals surface area contributed by atoms with Gasteiger partial charge in [-0.1, -0.05) is 25.3 Å². The number of nitrogens with two attached hydrogens (primary N) is 1. The minimum absolute atomic E-state index is 0.0428. The van der Waals surface area contributed by atoms with Gasteiger partial charge in [0.25, 0.3) is 0 Å². The lowest BCUT2D eigenvalue weighted by molar-refractivity contribution is 0.516. The second-order valence-electron chi connectivity index (χ2n) is 4.69. The molecule has 0 amide bonds. The molecule has 6 nitrogen and oxygen atoms in total. The molecule has 0 saturated heterocycles. The lowest BCUT2D eigenvalue weighted by Gasteiger charge is -2.30. The second-order valence-corrected chi connectivity index (χ2v) is 10.2. The lowest BCUT2D eigenvalue weighted by atomic mass is 10.0. The van der Waals surface area contributed by atoms with Crippen LogP contribution in [0.2, 0.25) is 0 Å². The van der Waals surface area contributed by atoms with Gasteiger partial charge in [0, 0.05) is 6.04 Å². The zero-order valence-electron chi connectivity index (χ0n) is 11.7. The van der Waals surface area contributed by atoms with Crippen LogP contribution in [0.15, 0.2) is 20.6 Å². The van der Waals surface area contributed by atoms with Crippen LogP contribution in [-0.2, 0) is 19.9 Å². The average molecular weight is 340 g/mol. The Hall–Kier alpha value is -0.350. The first kappa shape index (κ1) is 17.7. The fourth-order valence-corrected chi connectivity index (χ4v) is 6.01. The Bertz CT molecular complexity index is 635. The third kappa shape index (κ3) is 3.64. The van der Waals surface area contributed by atoms with E-state index in [1.54, 1.807) is 13.8 Å². The maximum atomic E-state index is 12.4. The first-order valence-electron chi connectivity index (χ1n) is 6.09. The molecule has 0 aliphatic carbocycles. The number of likely N-dealkylation sites (N-methyl/N-ethyl adjacent to an activating group) is 1. The van der Waals surface area contributed by atoms with Crippen molar-refractivity contribution in [2.75, 3.05) is 6.54 Å². The molecular weight excluding hydrogens is 320 g/mol. The van der Waals surface area contributed by atoms with Crippen LogP contribution in [0.4, 0.5) is 0 Å². The molecule has 0 fully saturated rings. The van der Waals surface area contributed by atoms with Crippen LogP contribution in [-0.4, -0.2) is 34.7 Å². The predicted octanol–water partition coefficient (Wildman–Crippen LogP) is 0.896. The van der Waals surface area contributed by atoms with E-state index in [4.69, 9.17) is 5.14 Å². The third-order valence-corrected chi connectivity index (χ3v) is 8.53. The number of sulfonamides is 1. The van der Waals surface area contributed by atoms with Crippen LogP contribution in [0.1, 0.15) is 27.2 Å². The summed E-state index contributed by atoms with van der Waals surface area (Å²) in [6, 6.07) is -0.0886. The number of sulfone groups is 1. The molecule has 0 aromatic carbocycles. The van der Waals surface area contributed by atoms with E-state index in [2.05, 4.69) is 11.9 Å². The molecule has 116 valence electrons. The Morgan fingerprint density at radius 1 is 1.55 bits per heavy atom. The summed E-state index contributed by atoms with van der Waals surface area (Å²) in [5, 5.41) is 7.60. The Morgan fingerprint density at radius 2 is 2.10 bits per heavy atom. The molecule has 1 aliphatic heterocycles. The molecule has 0 radical (unpaired) electrons. The first-order chi connectivity index (χ1) is 9.01. The van der Waals surface area contributed by atoms with Crippen LogP contribution in [0, 0.1) is 0 Å². The maximum Gasteiger partial charge on any atom is 0.243 e. The van der Waals surface area contributed by atoms with E-state index < -0.39 is 25.1 Å². The molecule has 0 aromatic rings. The third-order valence-electron chi connectivity index (χ3n) is 3.17. The van der Waals surface area contributed by atoms with Crippen molar-refractivity contribution >= 4 is 31.6 Å². The molecule has 0 unspecified atom stereocenters. The molecule has 0 spiro atoms. The predicted molar refractivity (Wildman–Crippen MR) is 83.0 cm³/mol. The molecular formula is C11H20N2O4S3.